The summed E-state index contributed by atoms with van der Waals surface area (Å²) in [4.78, 5) is 4.28. The number of hydrazine groups is 1. The SMILES string of the molecule is NNc1nc2cc(Br)cc(Br)c2s1. The van der Waals surface area contributed by atoms with E-state index in [1.807, 2.05) is 12.1 Å². The number of nitrogens with two attached hydrogens (primary N) is 1. The van der Waals surface area contributed by atoms with Crippen LogP contribution in [0, 0.1) is 0 Å². The summed E-state index contributed by atoms with van der Waals surface area (Å²) in [7, 11) is 0. The van der Waals surface area contributed by atoms with Crippen LogP contribution in [0.3, 0.4) is 0 Å². The maximum absolute atomic E-state index is 5.27. The summed E-state index contributed by atoms with van der Waals surface area (Å²) in [6.07, 6.45) is 0. The molecule has 13 heavy (non-hydrogen) atoms. The fourth-order valence-corrected chi connectivity index (χ4v) is 3.23. The zero-order chi connectivity index (χ0) is 9.42. The molecule has 2 aromatic rings. The van der Waals surface area contributed by atoms with E-state index in [0.29, 0.717) is 5.13 Å². The average molecular weight is 323 g/mol. The highest BCUT2D eigenvalue weighted by Crippen LogP contribution is 2.34. The molecule has 1 heterocycles. The average Bonchev–Trinajstić information content (AvgIpc) is 2.47. The van der Waals surface area contributed by atoms with E-state index in [4.69, 9.17) is 5.84 Å². The van der Waals surface area contributed by atoms with Crippen molar-refractivity contribution in [3.05, 3.63) is 21.1 Å². The molecule has 1 aromatic carbocycles. The van der Waals surface area contributed by atoms with Gasteiger partial charge in [0.2, 0.25) is 0 Å². The maximum atomic E-state index is 5.27. The molecular formula is C7H5Br2N3S. The number of hydrogen-bond acceptors (Lipinski definition) is 4. The van der Waals surface area contributed by atoms with Crippen molar-refractivity contribution in [3.8, 4) is 0 Å². The number of rotatable bonds is 1. The van der Waals surface area contributed by atoms with Crippen LogP contribution >= 0.6 is 43.2 Å². The van der Waals surface area contributed by atoms with Crippen molar-refractivity contribution in [2.75, 3.05) is 5.43 Å². The van der Waals surface area contributed by atoms with Crippen molar-refractivity contribution in [1.82, 2.24) is 4.98 Å². The lowest BCUT2D eigenvalue weighted by molar-refractivity contribution is 1.31. The highest BCUT2D eigenvalue weighted by atomic mass is 79.9. The molecule has 0 bridgehead atoms. The summed E-state index contributed by atoms with van der Waals surface area (Å²) >= 11 is 8.38. The first kappa shape index (κ1) is 9.39. The molecule has 68 valence electrons. The summed E-state index contributed by atoms with van der Waals surface area (Å²) < 4.78 is 3.12. The summed E-state index contributed by atoms with van der Waals surface area (Å²) in [6, 6.07) is 3.94. The van der Waals surface area contributed by atoms with Crippen LogP contribution in [0.5, 0.6) is 0 Å². The Morgan fingerprint density at radius 1 is 1.38 bits per heavy atom. The number of anilines is 1. The lowest BCUT2D eigenvalue weighted by Crippen LogP contribution is -2.05. The Hall–Kier alpha value is -0.170. The van der Waals surface area contributed by atoms with Gasteiger partial charge in [0.25, 0.3) is 0 Å². The first-order chi connectivity index (χ1) is 6.20. The maximum Gasteiger partial charge on any atom is 0.198 e. The molecule has 0 spiro atoms. The Morgan fingerprint density at radius 2 is 2.15 bits per heavy atom. The van der Waals surface area contributed by atoms with E-state index in [1.54, 1.807) is 0 Å². The van der Waals surface area contributed by atoms with Gasteiger partial charge in [0.15, 0.2) is 5.13 Å². The van der Waals surface area contributed by atoms with Crippen molar-refractivity contribution in [2.45, 2.75) is 0 Å². The van der Waals surface area contributed by atoms with Crippen molar-refractivity contribution in [2.24, 2.45) is 5.84 Å². The van der Waals surface area contributed by atoms with E-state index in [9.17, 15) is 0 Å². The van der Waals surface area contributed by atoms with E-state index in [2.05, 4.69) is 42.3 Å². The molecule has 0 saturated carbocycles. The molecular weight excluding hydrogens is 318 g/mol. The van der Waals surface area contributed by atoms with Gasteiger partial charge in [-0.3, -0.25) is 5.43 Å². The van der Waals surface area contributed by atoms with Crippen molar-refractivity contribution in [3.63, 3.8) is 0 Å². The molecule has 0 atom stereocenters. The first-order valence-electron chi connectivity index (χ1n) is 3.43. The molecule has 0 aliphatic carbocycles. The largest absolute Gasteiger partial charge is 0.300 e. The molecule has 3 nitrogen and oxygen atoms in total. The van der Waals surface area contributed by atoms with Crippen molar-refractivity contribution >= 4 is 58.5 Å². The molecule has 3 N–H and O–H groups in total. The second-order valence-electron chi connectivity index (χ2n) is 2.40. The summed E-state index contributed by atoms with van der Waals surface area (Å²) in [6.45, 7) is 0. The number of nitrogen functional groups attached to an aromatic ring is 1. The Bertz CT molecular complexity index is 454. The number of thiazole rings is 1. The van der Waals surface area contributed by atoms with Gasteiger partial charge in [0, 0.05) is 8.95 Å². The normalized spacial score (nSPS) is 10.7. The van der Waals surface area contributed by atoms with Gasteiger partial charge in [-0.2, -0.15) is 0 Å². The number of aromatic nitrogens is 1. The molecule has 2 rings (SSSR count). The highest BCUT2D eigenvalue weighted by molar-refractivity contribution is 9.11. The standard InChI is InChI=1S/C7H5Br2N3S/c8-3-1-4(9)6-5(2-3)11-7(12-10)13-6/h1-2H,10H2,(H,11,12). The minimum Gasteiger partial charge on any atom is -0.300 e. The lowest BCUT2D eigenvalue weighted by atomic mass is 10.3. The summed E-state index contributed by atoms with van der Waals surface area (Å²) in [5.41, 5.74) is 3.46. The summed E-state index contributed by atoms with van der Waals surface area (Å²) in [5.74, 6) is 5.27. The Kier molecular flexibility index (Phi) is 2.55. The Balaban J connectivity index is 2.75. The van der Waals surface area contributed by atoms with E-state index in [1.165, 1.54) is 11.3 Å². The molecule has 0 radical (unpaired) electrons. The second-order valence-corrected chi connectivity index (χ2v) is 5.17. The smallest absolute Gasteiger partial charge is 0.198 e. The topological polar surface area (TPSA) is 50.9 Å². The number of benzene rings is 1. The Morgan fingerprint density at radius 3 is 2.85 bits per heavy atom. The minimum absolute atomic E-state index is 0.716. The third kappa shape index (κ3) is 1.71. The molecule has 0 fully saturated rings. The highest BCUT2D eigenvalue weighted by Gasteiger charge is 2.06. The zero-order valence-corrected chi connectivity index (χ0v) is 10.3. The second kappa shape index (κ2) is 3.53. The van der Waals surface area contributed by atoms with Crippen LogP contribution in [0.15, 0.2) is 21.1 Å². The van der Waals surface area contributed by atoms with Crippen LogP contribution in [-0.4, -0.2) is 4.98 Å². The molecule has 6 heteroatoms. The van der Waals surface area contributed by atoms with Gasteiger partial charge in [-0.1, -0.05) is 27.3 Å². The fraction of sp³-hybridized carbons (Fsp3) is 0. The van der Waals surface area contributed by atoms with Gasteiger partial charge in [-0.05, 0) is 28.1 Å². The van der Waals surface area contributed by atoms with Crippen LogP contribution in [0.4, 0.5) is 5.13 Å². The minimum atomic E-state index is 0.716. The number of fused-ring (bicyclic) bond motifs is 1. The van der Waals surface area contributed by atoms with E-state index in [0.717, 1.165) is 19.2 Å². The van der Waals surface area contributed by atoms with Gasteiger partial charge in [-0.15, -0.1) is 0 Å². The first-order valence-corrected chi connectivity index (χ1v) is 5.83. The van der Waals surface area contributed by atoms with Crippen molar-refractivity contribution in [1.29, 1.82) is 0 Å². The third-order valence-corrected chi connectivity index (χ3v) is 3.91. The van der Waals surface area contributed by atoms with E-state index in [-0.39, 0.29) is 0 Å². The van der Waals surface area contributed by atoms with E-state index < -0.39 is 0 Å². The van der Waals surface area contributed by atoms with Gasteiger partial charge in [-0.25, -0.2) is 10.8 Å². The van der Waals surface area contributed by atoms with Gasteiger partial charge in [0.05, 0.1) is 10.2 Å². The number of halogens is 2. The number of nitrogens with zero attached hydrogens (tertiary/aromatic N) is 1. The van der Waals surface area contributed by atoms with Crippen molar-refractivity contribution < 1.29 is 0 Å². The zero-order valence-electron chi connectivity index (χ0n) is 6.34. The van der Waals surface area contributed by atoms with E-state index >= 15 is 0 Å². The fourth-order valence-electron chi connectivity index (χ4n) is 1.02. The van der Waals surface area contributed by atoms with Crippen LogP contribution in [0.2, 0.25) is 0 Å². The lowest BCUT2D eigenvalue weighted by Gasteiger charge is -1.92. The van der Waals surface area contributed by atoms with Crippen LogP contribution < -0.4 is 11.3 Å². The number of nitrogens with one attached hydrogen (secondary N) is 1. The third-order valence-electron chi connectivity index (χ3n) is 1.53. The van der Waals surface area contributed by atoms with Gasteiger partial charge >= 0.3 is 0 Å². The molecule has 1 aromatic heterocycles. The Labute approximate surface area is 95.6 Å². The summed E-state index contributed by atoms with van der Waals surface area (Å²) in [5, 5.41) is 0.716. The van der Waals surface area contributed by atoms with Crippen LogP contribution in [0.1, 0.15) is 0 Å². The van der Waals surface area contributed by atoms with Gasteiger partial charge < -0.3 is 0 Å². The quantitative estimate of drug-likeness (QED) is 0.626. The van der Waals surface area contributed by atoms with Gasteiger partial charge in [0.1, 0.15) is 0 Å². The van der Waals surface area contributed by atoms with Crippen LogP contribution in [-0.2, 0) is 0 Å². The monoisotopic (exact) mass is 321 g/mol. The molecule has 0 aliphatic heterocycles. The predicted octanol–water partition coefficient (Wildman–Crippen LogP) is 3.11. The predicted molar refractivity (Wildman–Crippen MR) is 62.8 cm³/mol. The number of hydrogen-bond donors (Lipinski definition) is 2. The molecule has 0 unspecified atom stereocenters. The molecule has 0 amide bonds. The van der Waals surface area contributed by atoms with Crippen LogP contribution in [0.25, 0.3) is 10.2 Å². The molecule has 0 aliphatic rings. The molecule has 0 saturated heterocycles.